The molecule has 3 heteroatoms. The Morgan fingerprint density at radius 2 is 2.15 bits per heavy atom. The first-order chi connectivity index (χ1) is 6.36. The maximum absolute atomic E-state index is 5.68. The molecule has 2 aromatic rings. The van der Waals surface area contributed by atoms with Gasteiger partial charge in [-0.15, -0.1) is 0 Å². The van der Waals surface area contributed by atoms with E-state index in [0.29, 0.717) is 6.54 Å². The van der Waals surface area contributed by atoms with Crippen LogP contribution in [0.2, 0.25) is 0 Å². The lowest BCUT2D eigenvalue weighted by molar-refractivity contribution is 0.630. The highest BCUT2D eigenvalue weighted by atomic mass is 15.3. The van der Waals surface area contributed by atoms with Gasteiger partial charge in [0, 0.05) is 18.5 Å². The van der Waals surface area contributed by atoms with Gasteiger partial charge in [-0.3, -0.25) is 4.68 Å². The molecule has 0 aliphatic carbocycles. The monoisotopic (exact) mass is 175 g/mol. The molecule has 1 heterocycles. The third kappa shape index (κ3) is 1.21. The first kappa shape index (κ1) is 8.26. The number of hydrogen-bond acceptors (Lipinski definition) is 2. The van der Waals surface area contributed by atoms with Gasteiger partial charge in [-0.1, -0.05) is 18.2 Å². The lowest BCUT2D eigenvalue weighted by atomic mass is 10.2. The zero-order chi connectivity index (χ0) is 9.26. The highest BCUT2D eigenvalue weighted by molar-refractivity contribution is 5.81. The second-order valence-corrected chi connectivity index (χ2v) is 2.98. The minimum atomic E-state index is 0.550. The van der Waals surface area contributed by atoms with E-state index in [-0.39, 0.29) is 0 Å². The van der Waals surface area contributed by atoms with Gasteiger partial charge in [0.25, 0.3) is 0 Å². The first-order valence-electron chi connectivity index (χ1n) is 4.51. The number of benzene rings is 1. The Labute approximate surface area is 77.2 Å². The maximum atomic E-state index is 5.68. The minimum Gasteiger partial charge on any atom is -0.325 e. The van der Waals surface area contributed by atoms with Crippen LogP contribution in [0.15, 0.2) is 24.3 Å². The molecule has 2 rings (SSSR count). The van der Waals surface area contributed by atoms with Crippen molar-refractivity contribution in [3.8, 4) is 0 Å². The van der Waals surface area contributed by atoms with Crippen molar-refractivity contribution in [3.05, 3.63) is 30.0 Å². The van der Waals surface area contributed by atoms with Crippen LogP contribution in [-0.2, 0) is 13.1 Å². The van der Waals surface area contributed by atoms with Crippen molar-refractivity contribution in [2.45, 2.75) is 20.0 Å². The number of hydrogen-bond donors (Lipinski definition) is 1. The van der Waals surface area contributed by atoms with Crippen LogP contribution in [0.4, 0.5) is 0 Å². The van der Waals surface area contributed by atoms with E-state index in [1.807, 2.05) is 22.9 Å². The van der Waals surface area contributed by atoms with Crippen molar-refractivity contribution in [1.82, 2.24) is 9.78 Å². The zero-order valence-corrected chi connectivity index (χ0v) is 7.70. The van der Waals surface area contributed by atoms with Crippen LogP contribution in [0.1, 0.15) is 12.6 Å². The molecule has 13 heavy (non-hydrogen) atoms. The summed E-state index contributed by atoms with van der Waals surface area (Å²) in [4.78, 5) is 0. The summed E-state index contributed by atoms with van der Waals surface area (Å²) in [5, 5.41) is 5.61. The highest BCUT2D eigenvalue weighted by Crippen LogP contribution is 2.17. The van der Waals surface area contributed by atoms with Gasteiger partial charge >= 0.3 is 0 Å². The molecule has 0 aliphatic rings. The van der Waals surface area contributed by atoms with Crippen molar-refractivity contribution >= 4 is 10.9 Å². The molecule has 2 N–H and O–H groups in total. The third-order valence-corrected chi connectivity index (χ3v) is 2.25. The van der Waals surface area contributed by atoms with Crippen molar-refractivity contribution < 1.29 is 0 Å². The summed E-state index contributed by atoms with van der Waals surface area (Å²) in [5.41, 5.74) is 7.83. The summed E-state index contributed by atoms with van der Waals surface area (Å²) in [6.07, 6.45) is 0. The van der Waals surface area contributed by atoms with Gasteiger partial charge in [0.2, 0.25) is 0 Å². The van der Waals surface area contributed by atoms with E-state index < -0.39 is 0 Å². The molecule has 0 spiro atoms. The van der Waals surface area contributed by atoms with E-state index in [4.69, 9.17) is 5.73 Å². The van der Waals surface area contributed by atoms with Crippen LogP contribution in [0.5, 0.6) is 0 Å². The van der Waals surface area contributed by atoms with Gasteiger partial charge in [0.1, 0.15) is 0 Å². The van der Waals surface area contributed by atoms with Gasteiger partial charge in [0.05, 0.1) is 11.2 Å². The molecule has 0 atom stereocenters. The molecule has 0 bridgehead atoms. The number of nitrogens with zero attached hydrogens (tertiary/aromatic N) is 2. The molecule has 0 aliphatic heterocycles. The van der Waals surface area contributed by atoms with Crippen LogP contribution in [0.3, 0.4) is 0 Å². The highest BCUT2D eigenvalue weighted by Gasteiger charge is 2.06. The van der Waals surface area contributed by atoms with Crippen molar-refractivity contribution in [1.29, 1.82) is 0 Å². The fourth-order valence-electron chi connectivity index (χ4n) is 1.61. The number of rotatable bonds is 2. The topological polar surface area (TPSA) is 43.8 Å². The molecule has 0 fully saturated rings. The van der Waals surface area contributed by atoms with Crippen LogP contribution in [-0.4, -0.2) is 9.78 Å². The summed E-state index contributed by atoms with van der Waals surface area (Å²) in [7, 11) is 0. The van der Waals surface area contributed by atoms with Gasteiger partial charge in [-0.25, -0.2) is 0 Å². The summed E-state index contributed by atoms with van der Waals surface area (Å²) in [6, 6.07) is 8.09. The Morgan fingerprint density at radius 1 is 1.38 bits per heavy atom. The standard InChI is InChI=1S/C10H13N3/c1-2-13-10(7-11)8-5-3-4-6-9(8)12-13/h3-6H,2,7,11H2,1H3. The molecule has 0 radical (unpaired) electrons. The number of aryl methyl sites for hydroxylation is 1. The molecule has 0 saturated heterocycles. The quantitative estimate of drug-likeness (QED) is 0.752. The largest absolute Gasteiger partial charge is 0.325 e. The molecule has 1 aromatic carbocycles. The van der Waals surface area contributed by atoms with Gasteiger partial charge < -0.3 is 5.73 Å². The lowest BCUT2D eigenvalue weighted by Gasteiger charge is -2.00. The fraction of sp³-hybridized carbons (Fsp3) is 0.300. The molecule has 3 nitrogen and oxygen atoms in total. The van der Waals surface area contributed by atoms with Crippen LogP contribution in [0, 0.1) is 0 Å². The molecule has 0 amide bonds. The van der Waals surface area contributed by atoms with E-state index in [1.54, 1.807) is 0 Å². The second-order valence-electron chi connectivity index (χ2n) is 2.98. The van der Waals surface area contributed by atoms with Crippen molar-refractivity contribution in [2.24, 2.45) is 5.73 Å². The summed E-state index contributed by atoms with van der Waals surface area (Å²) in [6.45, 7) is 3.50. The van der Waals surface area contributed by atoms with Gasteiger partial charge in [-0.05, 0) is 13.0 Å². The Morgan fingerprint density at radius 3 is 2.85 bits per heavy atom. The second kappa shape index (κ2) is 3.18. The van der Waals surface area contributed by atoms with Gasteiger partial charge in [0.15, 0.2) is 0 Å². The predicted octanol–water partition coefficient (Wildman–Crippen LogP) is 1.51. The van der Waals surface area contributed by atoms with Gasteiger partial charge in [-0.2, -0.15) is 5.10 Å². The predicted molar refractivity (Wildman–Crippen MR) is 53.3 cm³/mol. The third-order valence-electron chi connectivity index (χ3n) is 2.25. The molecule has 0 saturated carbocycles. The molecule has 0 unspecified atom stereocenters. The maximum Gasteiger partial charge on any atom is 0.0926 e. The molecular weight excluding hydrogens is 162 g/mol. The Kier molecular flexibility index (Phi) is 2.02. The smallest absolute Gasteiger partial charge is 0.0926 e. The minimum absolute atomic E-state index is 0.550. The fourth-order valence-corrected chi connectivity index (χ4v) is 1.61. The molecular formula is C10H13N3. The summed E-state index contributed by atoms with van der Waals surface area (Å²) in [5.74, 6) is 0. The summed E-state index contributed by atoms with van der Waals surface area (Å²) < 4.78 is 1.96. The SMILES string of the molecule is CCn1nc2ccccc2c1CN. The average Bonchev–Trinajstić information content (AvgIpc) is 2.55. The van der Waals surface area contributed by atoms with Crippen molar-refractivity contribution in [2.75, 3.05) is 0 Å². The normalized spacial score (nSPS) is 10.9. The Hall–Kier alpha value is -1.35. The molecule has 1 aromatic heterocycles. The number of fused-ring (bicyclic) bond motifs is 1. The molecule has 68 valence electrons. The zero-order valence-electron chi connectivity index (χ0n) is 7.70. The van der Waals surface area contributed by atoms with E-state index >= 15 is 0 Å². The van der Waals surface area contributed by atoms with E-state index in [1.165, 1.54) is 5.39 Å². The van der Waals surface area contributed by atoms with E-state index in [0.717, 1.165) is 17.8 Å². The van der Waals surface area contributed by atoms with E-state index in [9.17, 15) is 0 Å². The first-order valence-corrected chi connectivity index (χ1v) is 4.51. The average molecular weight is 175 g/mol. The van der Waals surface area contributed by atoms with Crippen LogP contribution >= 0.6 is 0 Å². The van der Waals surface area contributed by atoms with Crippen molar-refractivity contribution in [3.63, 3.8) is 0 Å². The van der Waals surface area contributed by atoms with Crippen LogP contribution < -0.4 is 5.73 Å². The Bertz CT molecular complexity index is 417. The lowest BCUT2D eigenvalue weighted by Crippen LogP contribution is -2.07. The Balaban J connectivity index is 2.73. The van der Waals surface area contributed by atoms with Crippen LogP contribution in [0.25, 0.3) is 10.9 Å². The number of nitrogens with two attached hydrogens (primary N) is 1. The summed E-state index contributed by atoms with van der Waals surface area (Å²) >= 11 is 0. The van der Waals surface area contributed by atoms with E-state index in [2.05, 4.69) is 18.1 Å². The number of aromatic nitrogens is 2.